The van der Waals surface area contributed by atoms with Gasteiger partial charge in [0.2, 0.25) is 0 Å². The van der Waals surface area contributed by atoms with Crippen LogP contribution in [0, 0.1) is 5.41 Å². The lowest BCUT2D eigenvalue weighted by Crippen LogP contribution is -2.20. The van der Waals surface area contributed by atoms with Gasteiger partial charge in [0.15, 0.2) is 0 Å². The number of halogens is 2. The molecule has 0 aromatic heterocycles. The summed E-state index contributed by atoms with van der Waals surface area (Å²) in [6.45, 7) is 4.48. The van der Waals surface area contributed by atoms with Gasteiger partial charge in [-0.2, -0.15) is 0 Å². The van der Waals surface area contributed by atoms with Crippen molar-refractivity contribution < 1.29 is 0 Å². The first-order valence-corrected chi connectivity index (χ1v) is 5.21. The third-order valence-corrected chi connectivity index (χ3v) is 4.24. The molecule has 1 rings (SSSR count). The van der Waals surface area contributed by atoms with Crippen molar-refractivity contribution in [3.05, 3.63) is 0 Å². The lowest BCUT2D eigenvalue weighted by atomic mass is 10.0. The second-order valence-electron chi connectivity index (χ2n) is 2.97. The molecule has 0 saturated heterocycles. The van der Waals surface area contributed by atoms with E-state index in [1.54, 1.807) is 0 Å². The van der Waals surface area contributed by atoms with E-state index in [9.17, 15) is 0 Å². The third kappa shape index (κ3) is 1.35. The van der Waals surface area contributed by atoms with E-state index in [1.807, 2.05) is 0 Å². The Bertz CT molecular complexity index is 93.5. The van der Waals surface area contributed by atoms with Gasteiger partial charge in [-0.3, -0.25) is 0 Å². The summed E-state index contributed by atoms with van der Waals surface area (Å²) < 4.78 is 0. The van der Waals surface area contributed by atoms with Crippen LogP contribution in [0.3, 0.4) is 0 Å². The molecule has 0 amide bonds. The Morgan fingerprint density at radius 2 is 1.44 bits per heavy atom. The summed E-state index contributed by atoms with van der Waals surface area (Å²) >= 11 is 7.26. The van der Waals surface area contributed by atoms with Crippen LogP contribution in [0.15, 0.2) is 0 Å². The number of hydrogen-bond acceptors (Lipinski definition) is 0. The molecule has 0 nitrogen and oxygen atoms in total. The standard InChI is InChI=1S/C7H12Br2/c1-5(8)7(3-4-7)6(2)9/h5-6H,3-4H2,1-2H3. The molecule has 0 N–H and O–H groups in total. The molecule has 0 aliphatic heterocycles. The van der Waals surface area contributed by atoms with E-state index in [-0.39, 0.29) is 0 Å². The molecule has 0 heterocycles. The van der Waals surface area contributed by atoms with Gasteiger partial charge in [0.25, 0.3) is 0 Å². The summed E-state index contributed by atoms with van der Waals surface area (Å²) in [6, 6.07) is 0. The van der Waals surface area contributed by atoms with Crippen molar-refractivity contribution in [1.82, 2.24) is 0 Å². The van der Waals surface area contributed by atoms with Gasteiger partial charge in [-0.05, 0) is 18.3 Å². The highest BCUT2D eigenvalue weighted by molar-refractivity contribution is 9.10. The fourth-order valence-corrected chi connectivity index (χ4v) is 3.32. The molecule has 2 unspecified atom stereocenters. The quantitative estimate of drug-likeness (QED) is 0.664. The van der Waals surface area contributed by atoms with Gasteiger partial charge in [0.05, 0.1) is 0 Å². The first-order chi connectivity index (χ1) is 4.09. The molecule has 1 aliphatic carbocycles. The van der Waals surface area contributed by atoms with E-state index >= 15 is 0 Å². The van der Waals surface area contributed by atoms with Crippen LogP contribution in [0.2, 0.25) is 0 Å². The largest absolute Gasteiger partial charge is 0.0887 e. The maximum atomic E-state index is 3.63. The van der Waals surface area contributed by atoms with Crippen molar-refractivity contribution in [2.45, 2.75) is 36.3 Å². The Morgan fingerprint density at radius 1 is 1.11 bits per heavy atom. The Kier molecular flexibility index (Phi) is 2.27. The van der Waals surface area contributed by atoms with Gasteiger partial charge in [0, 0.05) is 9.65 Å². The molecule has 0 spiro atoms. The summed E-state index contributed by atoms with van der Waals surface area (Å²) in [5.41, 5.74) is 0.583. The van der Waals surface area contributed by atoms with Crippen LogP contribution in [-0.2, 0) is 0 Å². The van der Waals surface area contributed by atoms with E-state index in [4.69, 9.17) is 0 Å². The minimum atomic E-state index is 0.583. The fraction of sp³-hybridized carbons (Fsp3) is 1.00. The predicted octanol–water partition coefficient (Wildman–Crippen LogP) is 3.33. The van der Waals surface area contributed by atoms with Crippen LogP contribution in [-0.4, -0.2) is 9.65 Å². The molecular weight excluding hydrogens is 244 g/mol. The van der Waals surface area contributed by atoms with E-state index in [1.165, 1.54) is 12.8 Å². The van der Waals surface area contributed by atoms with Gasteiger partial charge < -0.3 is 0 Å². The average molecular weight is 256 g/mol. The van der Waals surface area contributed by atoms with Crippen molar-refractivity contribution in [2.75, 3.05) is 0 Å². The average Bonchev–Trinajstić information content (AvgIpc) is 2.40. The predicted molar refractivity (Wildman–Crippen MR) is 48.4 cm³/mol. The molecule has 0 aromatic carbocycles. The second-order valence-corrected chi connectivity index (χ2v) is 5.71. The van der Waals surface area contributed by atoms with Gasteiger partial charge in [-0.15, -0.1) is 0 Å². The summed E-state index contributed by atoms with van der Waals surface area (Å²) in [5.74, 6) is 0. The molecule has 2 atom stereocenters. The van der Waals surface area contributed by atoms with Crippen LogP contribution < -0.4 is 0 Å². The lowest BCUT2D eigenvalue weighted by molar-refractivity contribution is 0.513. The topological polar surface area (TPSA) is 0 Å². The van der Waals surface area contributed by atoms with E-state index in [0.717, 1.165) is 0 Å². The summed E-state index contributed by atoms with van der Waals surface area (Å²) in [5, 5.41) is 0. The van der Waals surface area contributed by atoms with Crippen LogP contribution in [0.4, 0.5) is 0 Å². The van der Waals surface area contributed by atoms with Crippen molar-refractivity contribution in [3.8, 4) is 0 Å². The van der Waals surface area contributed by atoms with Gasteiger partial charge >= 0.3 is 0 Å². The summed E-state index contributed by atoms with van der Waals surface area (Å²) in [7, 11) is 0. The van der Waals surface area contributed by atoms with Crippen molar-refractivity contribution in [3.63, 3.8) is 0 Å². The van der Waals surface area contributed by atoms with Crippen LogP contribution >= 0.6 is 31.9 Å². The minimum absolute atomic E-state index is 0.583. The highest BCUT2D eigenvalue weighted by Crippen LogP contribution is 2.56. The third-order valence-electron chi connectivity index (χ3n) is 2.41. The van der Waals surface area contributed by atoms with Crippen LogP contribution in [0.5, 0.6) is 0 Å². The molecule has 0 radical (unpaired) electrons. The number of alkyl halides is 2. The molecule has 54 valence electrons. The molecule has 0 aromatic rings. The molecule has 2 heteroatoms. The van der Waals surface area contributed by atoms with Crippen molar-refractivity contribution >= 4 is 31.9 Å². The Morgan fingerprint density at radius 3 is 1.44 bits per heavy atom. The Balaban J connectivity index is 2.52. The molecule has 1 saturated carbocycles. The molecule has 1 aliphatic rings. The molecular formula is C7H12Br2. The highest BCUT2D eigenvalue weighted by Gasteiger charge is 2.49. The molecule has 1 fully saturated rings. The first kappa shape index (κ1) is 8.06. The normalized spacial score (nSPS) is 29.3. The fourth-order valence-electron chi connectivity index (χ4n) is 1.26. The minimum Gasteiger partial charge on any atom is -0.0887 e. The number of rotatable bonds is 2. The van der Waals surface area contributed by atoms with E-state index in [0.29, 0.717) is 15.1 Å². The highest BCUT2D eigenvalue weighted by atomic mass is 79.9. The van der Waals surface area contributed by atoms with Gasteiger partial charge in [-0.25, -0.2) is 0 Å². The smallest absolute Gasteiger partial charge is 0.0184 e. The summed E-state index contributed by atoms with van der Waals surface area (Å²) in [4.78, 5) is 1.33. The summed E-state index contributed by atoms with van der Waals surface area (Å²) in [6.07, 6.45) is 2.76. The van der Waals surface area contributed by atoms with Crippen LogP contribution in [0.1, 0.15) is 26.7 Å². The Labute approximate surface area is 73.7 Å². The van der Waals surface area contributed by atoms with E-state index in [2.05, 4.69) is 45.7 Å². The van der Waals surface area contributed by atoms with Gasteiger partial charge in [-0.1, -0.05) is 45.7 Å². The monoisotopic (exact) mass is 254 g/mol. The second kappa shape index (κ2) is 2.54. The van der Waals surface area contributed by atoms with Crippen molar-refractivity contribution in [2.24, 2.45) is 5.41 Å². The number of hydrogen-bond donors (Lipinski definition) is 0. The Hall–Kier alpha value is 0.960. The zero-order chi connectivity index (χ0) is 7.07. The maximum Gasteiger partial charge on any atom is 0.0184 e. The van der Waals surface area contributed by atoms with E-state index < -0.39 is 0 Å². The SMILES string of the molecule is CC(Br)C1(C(C)Br)CC1. The van der Waals surface area contributed by atoms with Crippen LogP contribution in [0.25, 0.3) is 0 Å². The maximum absolute atomic E-state index is 3.63. The molecule has 9 heavy (non-hydrogen) atoms. The zero-order valence-corrected chi connectivity index (χ0v) is 9.00. The van der Waals surface area contributed by atoms with Gasteiger partial charge in [0.1, 0.15) is 0 Å². The zero-order valence-electron chi connectivity index (χ0n) is 5.82. The van der Waals surface area contributed by atoms with Crippen molar-refractivity contribution in [1.29, 1.82) is 0 Å². The first-order valence-electron chi connectivity index (χ1n) is 3.38. The molecule has 0 bridgehead atoms. The lowest BCUT2D eigenvalue weighted by Gasteiger charge is -2.20.